The van der Waals surface area contributed by atoms with Gasteiger partial charge in [-0.2, -0.15) is 0 Å². The molecule has 0 saturated carbocycles. The molecule has 2 N–H and O–H groups in total. The van der Waals surface area contributed by atoms with E-state index in [9.17, 15) is 19.2 Å². The lowest BCUT2D eigenvalue weighted by Gasteiger charge is -2.08. The van der Waals surface area contributed by atoms with Gasteiger partial charge in [-0.25, -0.2) is 0 Å². The molecule has 0 heterocycles. The van der Waals surface area contributed by atoms with Crippen LogP contribution in [0.4, 0.5) is 5.69 Å². The Bertz CT molecular complexity index is 557. The molecular formula is C23H42N2O4. The Morgan fingerprint density at radius 1 is 0.690 bits per heavy atom. The van der Waals surface area contributed by atoms with Gasteiger partial charge in [-0.1, -0.05) is 59.7 Å². The fraction of sp³-hybridized carbons (Fsp3) is 0.565. The molecule has 0 aliphatic rings. The van der Waals surface area contributed by atoms with Crippen LogP contribution in [0.25, 0.3) is 0 Å². The number of para-hydroxylation sites is 1. The second-order valence-corrected chi connectivity index (χ2v) is 5.13. The lowest BCUT2D eigenvalue weighted by molar-refractivity contribution is -0.132. The molecule has 0 aromatic heterocycles. The summed E-state index contributed by atoms with van der Waals surface area (Å²) in [5, 5.41) is 5.05. The molecule has 2 unspecified atom stereocenters. The lowest BCUT2D eigenvalue weighted by Crippen LogP contribution is -2.29. The number of rotatable bonds is 5. The highest BCUT2D eigenvalue weighted by molar-refractivity contribution is 6.06. The quantitative estimate of drug-likeness (QED) is 0.676. The molecule has 2 amide bonds. The molecule has 0 aliphatic carbocycles. The third-order valence-electron chi connectivity index (χ3n) is 3.29. The first-order valence-corrected chi connectivity index (χ1v) is 10.3. The highest BCUT2D eigenvalue weighted by Gasteiger charge is 2.17. The van der Waals surface area contributed by atoms with Gasteiger partial charge in [-0.3, -0.25) is 19.2 Å². The average Bonchev–Trinajstić information content (AvgIpc) is 2.77. The van der Waals surface area contributed by atoms with Crippen LogP contribution >= 0.6 is 0 Å². The Hall–Kier alpha value is -2.50. The summed E-state index contributed by atoms with van der Waals surface area (Å²) < 4.78 is 0. The van der Waals surface area contributed by atoms with E-state index in [1.807, 2.05) is 59.7 Å². The minimum atomic E-state index is -0.588. The van der Waals surface area contributed by atoms with E-state index in [2.05, 4.69) is 10.6 Å². The van der Waals surface area contributed by atoms with Crippen molar-refractivity contribution in [2.45, 2.75) is 69.2 Å². The van der Waals surface area contributed by atoms with Crippen molar-refractivity contribution < 1.29 is 19.2 Å². The molecule has 0 radical (unpaired) electrons. The van der Waals surface area contributed by atoms with Crippen molar-refractivity contribution in [1.82, 2.24) is 5.32 Å². The smallest absolute Gasteiger partial charge is 0.234 e. The van der Waals surface area contributed by atoms with E-state index in [-0.39, 0.29) is 23.4 Å². The molecule has 6 heteroatoms. The summed E-state index contributed by atoms with van der Waals surface area (Å²) in [6.07, 6.45) is 0. The third kappa shape index (κ3) is 18.6. The van der Waals surface area contributed by atoms with Gasteiger partial charge in [0.05, 0.1) is 11.8 Å². The van der Waals surface area contributed by atoms with Gasteiger partial charge < -0.3 is 10.6 Å². The number of hydrogen-bond acceptors (Lipinski definition) is 4. The predicted molar refractivity (Wildman–Crippen MR) is 123 cm³/mol. The van der Waals surface area contributed by atoms with Gasteiger partial charge in [0, 0.05) is 12.7 Å². The Kier molecular flexibility index (Phi) is 27.6. The van der Waals surface area contributed by atoms with Gasteiger partial charge in [0.25, 0.3) is 0 Å². The van der Waals surface area contributed by atoms with Gasteiger partial charge in [-0.05, 0) is 39.8 Å². The highest BCUT2D eigenvalue weighted by atomic mass is 16.2. The molecule has 0 aliphatic heterocycles. The minimum absolute atomic E-state index is 0.102. The molecule has 1 aromatic rings. The summed E-state index contributed by atoms with van der Waals surface area (Å²) in [4.78, 5) is 43.4. The fourth-order valence-electron chi connectivity index (χ4n) is 1.36. The molecule has 168 valence electrons. The first-order valence-electron chi connectivity index (χ1n) is 10.3. The van der Waals surface area contributed by atoms with Crippen LogP contribution < -0.4 is 10.6 Å². The summed E-state index contributed by atoms with van der Waals surface area (Å²) in [6.45, 7) is 18.0. The van der Waals surface area contributed by atoms with Crippen LogP contribution in [0.1, 0.15) is 69.2 Å². The van der Waals surface area contributed by atoms with E-state index < -0.39 is 11.8 Å². The maximum Gasteiger partial charge on any atom is 0.234 e. The summed E-state index contributed by atoms with van der Waals surface area (Å²) >= 11 is 0. The van der Waals surface area contributed by atoms with Crippen molar-refractivity contribution in [2.24, 2.45) is 11.8 Å². The van der Waals surface area contributed by atoms with Gasteiger partial charge in [0.2, 0.25) is 11.8 Å². The number of nitrogens with one attached hydrogen (secondary N) is 2. The fourth-order valence-corrected chi connectivity index (χ4v) is 1.36. The topological polar surface area (TPSA) is 92.3 Å². The third-order valence-corrected chi connectivity index (χ3v) is 3.29. The number of anilines is 1. The lowest BCUT2D eigenvalue weighted by atomic mass is 10.1. The van der Waals surface area contributed by atoms with E-state index in [4.69, 9.17) is 0 Å². The minimum Gasteiger partial charge on any atom is -0.359 e. The van der Waals surface area contributed by atoms with Gasteiger partial charge >= 0.3 is 0 Å². The average molecular weight is 411 g/mol. The van der Waals surface area contributed by atoms with Crippen molar-refractivity contribution in [3.05, 3.63) is 30.3 Å². The zero-order valence-corrected chi connectivity index (χ0v) is 20.2. The largest absolute Gasteiger partial charge is 0.359 e. The summed E-state index contributed by atoms with van der Waals surface area (Å²) in [6, 6.07) is 9.08. The molecule has 0 saturated heterocycles. The Morgan fingerprint density at radius 2 is 1.03 bits per heavy atom. The second kappa shape index (κ2) is 23.5. The predicted octanol–water partition coefficient (Wildman–Crippen LogP) is 4.89. The number of Topliss-reactive ketones (excluding diaryl/α,β-unsaturated/α-hetero) is 2. The Labute approximate surface area is 177 Å². The molecule has 1 aromatic carbocycles. The number of ketones is 2. The van der Waals surface area contributed by atoms with Crippen molar-refractivity contribution in [3.63, 3.8) is 0 Å². The van der Waals surface area contributed by atoms with Crippen molar-refractivity contribution in [1.29, 1.82) is 0 Å². The van der Waals surface area contributed by atoms with Crippen molar-refractivity contribution in [3.8, 4) is 0 Å². The van der Waals surface area contributed by atoms with Gasteiger partial charge in [-0.15, -0.1) is 0 Å². The molecule has 0 spiro atoms. The van der Waals surface area contributed by atoms with Crippen LogP contribution in [0.3, 0.4) is 0 Å². The molecular weight excluding hydrogens is 368 g/mol. The first kappa shape index (κ1) is 34.0. The molecule has 0 bridgehead atoms. The Morgan fingerprint density at radius 3 is 1.31 bits per heavy atom. The van der Waals surface area contributed by atoms with Crippen molar-refractivity contribution >= 4 is 29.1 Å². The molecule has 6 nitrogen and oxygen atoms in total. The van der Waals surface area contributed by atoms with Crippen LogP contribution in [-0.4, -0.2) is 30.4 Å². The molecule has 2 atom stereocenters. The van der Waals surface area contributed by atoms with Crippen LogP contribution in [0, 0.1) is 11.8 Å². The number of hydrogen-bond donors (Lipinski definition) is 2. The Balaban J connectivity index is -0.000000181. The van der Waals surface area contributed by atoms with E-state index in [1.54, 1.807) is 26.0 Å². The summed E-state index contributed by atoms with van der Waals surface area (Å²) in [7, 11) is 1.52. The highest BCUT2D eigenvalue weighted by Crippen LogP contribution is 2.07. The zero-order chi connectivity index (χ0) is 24.0. The van der Waals surface area contributed by atoms with E-state index in [0.29, 0.717) is 5.69 Å². The van der Waals surface area contributed by atoms with Crippen LogP contribution in [0.5, 0.6) is 0 Å². The van der Waals surface area contributed by atoms with Crippen LogP contribution in [-0.2, 0) is 19.2 Å². The maximum atomic E-state index is 11.4. The number of carbonyl (C=O) groups is 4. The molecule has 0 fully saturated rings. The van der Waals surface area contributed by atoms with E-state index in [1.165, 1.54) is 20.9 Å². The summed E-state index contributed by atoms with van der Waals surface area (Å²) in [5.41, 5.74) is 0.714. The SMILES string of the molecule is CC.CC.CC.CC(=O)C(C)C(=O)Nc1ccccc1.CNC(=O)C(C)C(C)=O. The normalized spacial score (nSPS) is 10.2. The van der Waals surface area contributed by atoms with Gasteiger partial charge in [0.15, 0.2) is 0 Å². The van der Waals surface area contributed by atoms with Crippen LogP contribution in [0.2, 0.25) is 0 Å². The van der Waals surface area contributed by atoms with E-state index >= 15 is 0 Å². The standard InChI is InChI=1S/C11H13NO2.C6H11NO2.3C2H6/c1-8(9(2)13)11(14)12-10-6-4-3-5-7-10;1-4(5(2)8)6(9)7-3;3*1-2/h3-8H,1-2H3,(H,12,14);4H,1-3H3,(H,7,9);3*1-2H3. The monoisotopic (exact) mass is 410 g/mol. The van der Waals surface area contributed by atoms with Gasteiger partial charge in [0.1, 0.15) is 11.6 Å². The molecule has 1 rings (SSSR count). The number of carbonyl (C=O) groups excluding carboxylic acids is 4. The summed E-state index contributed by atoms with van der Waals surface area (Å²) in [5.74, 6) is -1.80. The number of benzene rings is 1. The maximum absolute atomic E-state index is 11.4. The van der Waals surface area contributed by atoms with Crippen LogP contribution in [0.15, 0.2) is 30.3 Å². The second-order valence-electron chi connectivity index (χ2n) is 5.13. The zero-order valence-electron chi connectivity index (χ0n) is 20.2. The number of amides is 2. The molecule has 29 heavy (non-hydrogen) atoms. The van der Waals surface area contributed by atoms with Crippen molar-refractivity contribution in [2.75, 3.05) is 12.4 Å². The van der Waals surface area contributed by atoms with E-state index in [0.717, 1.165) is 0 Å². The first-order chi connectivity index (χ1) is 13.7.